The molecule has 0 aromatic carbocycles. The Balaban J connectivity index is 0. The molecule has 0 amide bonds. The zero-order valence-corrected chi connectivity index (χ0v) is 11.2. The third-order valence-corrected chi connectivity index (χ3v) is 2.02. The van der Waals surface area contributed by atoms with Gasteiger partial charge in [0, 0.05) is 12.1 Å². The molecule has 0 aliphatic carbocycles. The van der Waals surface area contributed by atoms with E-state index in [1.54, 1.807) is 0 Å². The van der Waals surface area contributed by atoms with E-state index in [0.717, 1.165) is 12.8 Å². The minimum absolute atomic E-state index is 0.0185. The van der Waals surface area contributed by atoms with Gasteiger partial charge in [0.25, 0.3) is 0 Å². The van der Waals surface area contributed by atoms with Crippen molar-refractivity contribution in [3.8, 4) is 0 Å². The summed E-state index contributed by atoms with van der Waals surface area (Å²) < 4.78 is 0. The van der Waals surface area contributed by atoms with E-state index in [2.05, 4.69) is 27.7 Å². The Morgan fingerprint density at radius 1 is 0.750 bits per heavy atom. The second-order valence-electron chi connectivity index (χ2n) is 5.14. The van der Waals surface area contributed by atoms with Gasteiger partial charge in [-0.2, -0.15) is 0 Å². The Morgan fingerprint density at radius 2 is 1.00 bits per heavy atom. The molecule has 0 saturated heterocycles. The van der Waals surface area contributed by atoms with Crippen LogP contribution in [-0.4, -0.2) is 35.5 Å². The molecule has 0 aliphatic heterocycles. The molecule has 0 fully saturated rings. The summed E-state index contributed by atoms with van der Waals surface area (Å²) in [5.41, 5.74) is 10.8. The van der Waals surface area contributed by atoms with Crippen molar-refractivity contribution < 1.29 is 10.2 Å². The Morgan fingerprint density at radius 3 is 1.06 bits per heavy atom. The molecule has 0 aromatic rings. The lowest BCUT2D eigenvalue weighted by Gasteiger charge is -2.09. The van der Waals surface area contributed by atoms with Crippen LogP contribution < -0.4 is 11.5 Å². The number of nitrogens with two attached hydrogens (primary N) is 2. The van der Waals surface area contributed by atoms with E-state index >= 15 is 0 Å². The first-order valence-electron chi connectivity index (χ1n) is 6.06. The van der Waals surface area contributed by atoms with Crippen molar-refractivity contribution in [3.63, 3.8) is 0 Å². The SMILES string of the molecule is CC(C)C[C@@H](N)CO.CC(C)C[C@@H](N)CO. The highest BCUT2D eigenvalue weighted by molar-refractivity contribution is 4.60. The normalized spacial score (nSPS) is 14.6. The van der Waals surface area contributed by atoms with Crippen molar-refractivity contribution in [2.75, 3.05) is 13.2 Å². The first kappa shape index (κ1) is 18.2. The van der Waals surface area contributed by atoms with Crippen LogP contribution in [0.25, 0.3) is 0 Å². The first-order valence-corrected chi connectivity index (χ1v) is 6.06. The topological polar surface area (TPSA) is 92.5 Å². The van der Waals surface area contributed by atoms with E-state index in [4.69, 9.17) is 21.7 Å². The number of aliphatic hydroxyl groups is 2. The lowest BCUT2D eigenvalue weighted by molar-refractivity contribution is 0.250. The highest BCUT2D eigenvalue weighted by Gasteiger charge is 2.02. The van der Waals surface area contributed by atoms with Crippen LogP contribution in [0.2, 0.25) is 0 Å². The van der Waals surface area contributed by atoms with Gasteiger partial charge in [0.1, 0.15) is 0 Å². The van der Waals surface area contributed by atoms with Crippen molar-refractivity contribution >= 4 is 0 Å². The van der Waals surface area contributed by atoms with Gasteiger partial charge in [0.05, 0.1) is 13.2 Å². The molecule has 0 rings (SSSR count). The zero-order valence-electron chi connectivity index (χ0n) is 11.2. The number of aliphatic hydroxyl groups excluding tert-OH is 2. The van der Waals surface area contributed by atoms with E-state index in [0.29, 0.717) is 11.8 Å². The Labute approximate surface area is 100 Å². The molecule has 0 aliphatic rings. The van der Waals surface area contributed by atoms with Gasteiger partial charge in [-0.25, -0.2) is 0 Å². The van der Waals surface area contributed by atoms with Crippen molar-refractivity contribution in [1.82, 2.24) is 0 Å². The predicted octanol–water partition coefficient (Wildman–Crippen LogP) is 0.704. The fourth-order valence-electron chi connectivity index (χ4n) is 1.36. The fraction of sp³-hybridized carbons (Fsp3) is 1.00. The average molecular weight is 234 g/mol. The van der Waals surface area contributed by atoms with Crippen LogP contribution in [0.3, 0.4) is 0 Å². The second-order valence-corrected chi connectivity index (χ2v) is 5.14. The lowest BCUT2D eigenvalue weighted by Crippen LogP contribution is -2.25. The van der Waals surface area contributed by atoms with E-state index in [1.807, 2.05) is 0 Å². The fourth-order valence-corrected chi connectivity index (χ4v) is 1.36. The molecule has 2 atom stereocenters. The highest BCUT2D eigenvalue weighted by atomic mass is 16.3. The molecule has 0 heterocycles. The molecule has 0 radical (unpaired) electrons. The Kier molecular flexibility index (Phi) is 12.9. The summed E-state index contributed by atoms with van der Waals surface area (Å²) in [4.78, 5) is 0. The molecule has 0 bridgehead atoms. The molecule has 0 unspecified atom stereocenters. The minimum Gasteiger partial charge on any atom is -0.395 e. The molecule has 4 nitrogen and oxygen atoms in total. The Bertz CT molecular complexity index is 125. The monoisotopic (exact) mass is 234 g/mol. The third-order valence-electron chi connectivity index (χ3n) is 2.02. The summed E-state index contributed by atoms with van der Waals surface area (Å²) >= 11 is 0. The summed E-state index contributed by atoms with van der Waals surface area (Å²) in [5, 5.41) is 16.9. The van der Waals surface area contributed by atoms with Crippen molar-refractivity contribution in [2.45, 2.75) is 52.6 Å². The van der Waals surface area contributed by atoms with Crippen molar-refractivity contribution in [3.05, 3.63) is 0 Å². The van der Waals surface area contributed by atoms with Gasteiger partial charge >= 0.3 is 0 Å². The number of hydrogen-bond acceptors (Lipinski definition) is 4. The molecule has 100 valence electrons. The summed E-state index contributed by atoms with van der Waals surface area (Å²) in [5.74, 6) is 1.19. The largest absolute Gasteiger partial charge is 0.395 e. The molecular weight excluding hydrogens is 204 g/mol. The van der Waals surface area contributed by atoms with Crippen LogP contribution in [0.15, 0.2) is 0 Å². The smallest absolute Gasteiger partial charge is 0.0582 e. The number of hydrogen-bond donors (Lipinski definition) is 4. The van der Waals surface area contributed by atoms with Crippen LogP contribution in [0.4, 0.5) is 0 Å². The van der Waals surface area contributed by atoms with Crippen molar-refractivity contribution in [2.24, 2.45) is 23.3 Å². The van der Waals surface area contributed by atoms with E-state index in [-0.39, 0.29) is 25.3 Å². The first-order chi connectivity index (χ1) is 7.33. The minimum atomic E-state index is -0.0185. The summed E-state index contributed by atoms with van der Waals surface area (Å²) in [6.45, 7) is 8.59. The summed E-state index contributed by atoms with van der Waals surface area (Å²) in [7, 11) is 0. The van der Waals surface area contributed by atoms with Crippen LogP contribution >= 0.6 is 0 Å². The third kappa shape index (κ3) is 16.3. The van der Waals surface area contributed by atoms with Crippen molar-refractivity contribution in [1.29, 1.82) is 0 Å². The van der Waals surface area contributed by atoms with Gasteiger partial charge in [0.15, 0.2) is 0 Å². The van der Waals surface area contributed by atoms with Crippen LogP contribution in [-0.2, 0) is 0 Å². The second kappa shape index (κ2) is 11.3. The molecule has 0 aromatic heterocycles. The van der Waals surface area contributed by atoms with Gasteiger partial charge in [-0.3, -0.25) is 0 Å². The van der Waals surface area contributed by atoms with E-state index in [1.165, 1.54) is 0 Å². The van der Waals surface area contributed by atoms with Crippen LogP contribution in [0, 0.1) is 11.8 Å². The van der Waals surface area contributed by atoms with Crippen LogP contribution in [0.5, 0.6) is 0 Å². The standard InChI is InChI=1S/2C6H15NO/c2*1-5(2)3-6(7)4-8/h2*5-6,8H,3-4,7H2,1-2H3/t2*6-/m11/s1. The predicted molar refractivity (Wildman–Crippen MR) is 69.0 cm³/mol. The molecule has 0 spiro atoms. The molecule has 6 N–H and O–H groups in total. The average Bonchev–Trinajstić information content (AvgIpc) is 2.16. The van der Waals surface area contributed by atoms with Gasteiger partial charge in [-0.15, -0.1) is 0 Å². The highest BCUT2D eigenvalue weighted by Crippen LogP contribution is 2.01. The lowest BCUT2D eigenvalue weighted by atomic mass is 10.1. The van der Waals surface area contributed by atoms with Gasteiger partial charge < -0.3 is 21.7 Å². The molecule has 16 heavy (non-hydrogen) atoms. The van der Waals surface area contributed by atoms with E-state index < -0.39 is 0 Å². The summed E-state index contributed by atoms with van der Waals surface area (Å²) in [6, 6.07) is -0.0370. The summed E-state index contributed by atoms with van der Waals surface area (Å²) in [6.07, 6.45) is 1.83. The quantitative estimate of drug-likeness (QED) is 0.544. The van der Waals surface area contributed by atoms with E-state index in [9.17, 15) is 0 Å². The van der Waals surface area contributed by atoms with Gasteiger partial charge in [-0.1, -0.05) is 27.7 Å². The number of rotatable bonds is 6. The maximum absolute atomic E-state index is 8.46. The molecule has 4 heteroatoms. The maximum atomic E-state index is 8.46. The van der Waals surface area contributed by atoms with Gasteiger partial charge in [0.2, 0.25) is 0 Å². The van der Waals surface area contributed by atoms with Crippen LogP contribution in [0.1, 0.15) is 40.5 Å². The Hall–Kier alpha value is -0.160. The zero-order chi connectivity index (χ0) is 13.1. The maximum Gasteiger partial charge on any atom is 0.0582 e. The van der Waals surface area contributed by atoms with Gasteiger partial charge in [-0.05, 0) is 24.7 Å². The molecular formula is C12H30N2O2. The molecule has 0 saturated carbocycles.